The third-order valence-corrected chi connectivity index (χ3v) is 4.36. The van der Waals surface area contributed by atoms with Gasteiger partial charge in [0.2, 0.25) is 0 Å². The van der Waals surface area contributed by atoms with Crippen LogP contribution in [0.5, 0.6) is 0 Å². The van der Waals surface area contributed by atoms with Crippen LogP contribution in [0, 0.1) is 5.92 Å². The smallest absolute Gasteiger partial charge is 0.294 e. The zero-order valence-electron chi connectivity index (χ0n) is 10.8. The number of benzene rings is 1. The molecular formula is C13H20N2O3S. The Labute approximate surface area is 114 Å². The van der Waals surface area contributed by atoms with Crippen LogP contribution >= 0.6 is 0 Å². The van der Waals surface area contributed by atoms with E-state index in [4.69, 9.17) is 4.55 Å². The molecule has 3 N–H and O–H groups in total. The van der Waals surface area contributed by atoms with Crippen LogP contribution in [0.1, 0.15) is 19.3 Å². The zero-order valence-corrected chi connectivity index (χ0v) is 11.6. The van der Waals surface area contributed by atoms with Crippen molar-refractivity contribution < 1.29 is 13.0 Å². The van der Waals surface area contributed by atoms with Crippen LogP contribution in [-0.4, -0.2) is 32.6 Å². The van der Waals surface area contributed by atoms with Gasteiger partial charge in [0, 0.05) is 12.2 Å². The lowest BCUT2D eigenvalue weighted by atomic mass is 9.95. The van der Waals surface area contributed by atoms with Crippen LogP contribution in [0.15, 0.2) is 29.2 Å². The van der Waals surface area contributed by atoms with Gasteiger partial charge in [0.15, 0.2) is 0 Å². The van der Waals surface area contributed by atoms with Crippen LogP contribution in [0.2, 0.25) is 0 Å². The molecule has 0 atom stereocenters. The second kappa shape index (κ2) is 6.36. The van der Waals surface area contributed by atoms with E-state index < -0.39 is 10.1 Å². The van der Waals surface area contributed by atoms with Crippen LogP contribution in [0.4, 0.5) is 5.69 Å². The third kappa shape index (κ3) is 4.49. The van der Waals surface area contributed by atoms with Crippen molar-refractivity contribution >= 4 is 15.8 Å². The van der Waals surface area contributed by atoms with Gasteiger partial charge in [0.1, 0.15) is 0 Å². The average molecular weight is 284 g/mol. The van der Waals surface area contributed by atoms with Crippen molar-refractivity contribution in [1.82, 2.24) is 5.32 Å². The summed E-state index contributed by atoms with van der Waals surface area (Å²) in [4.78, 5) is -0.0728. The van der Waals surface area contributed by atoms with Crippen molar-refractivity contribution in [2.24, 2.45) is 5.92 Å². The molecule has 5 nitrogen and oxygen atoms in total. The van der Waals surface area contributed by atoms with Crippen molar-refractivity contribution in [2.75, 3.05) is 25.0 Å². The molecule has 0 bridgehead atoms. The molecule has 1 aromatic carbocycles. The molecule has 1 saturated heterocycles. The molecule has 6 heteroatoms. The number of rotatable bonds is 5. The van der Waals surface area contributed by atoms with E-state index >= 15 is 0 Å². The van der Waals surface area contributed by atoms with Crippen LogP contribution < -0.4 is 10.6 Å². The topological polar surface area (TPSA) is 78.4 Å². The fourth-order valence-corrected chi connectivity index (χ4v) is 2.82. The van der Waals surface area contributed by atoms with Gasteiger partial charge in [0.25, 0.3) is 10.1 Å². The Morgan fingerprint density at radius 3 is 2.42 bits per heavy atom. The maximum Gasteiger partial charge on any atom is 0.294 e. The molecule has 1 heterocycles. The highest BCUT2D eigenvalue weighted by molar-refractivity contribution is 7.85. The summed E-state index contributed by atoms with van der Waals surface area (Å²) in [5.41, 5.74) is 0.876. The lowest BCUT2D eigenvalue weighted by molar-refractivity contribution is 0.361. The summed E-state index contributed by atoms with van der Waals surface area (Å²) in [7, 11) is -4.09. The highest BCUT2D eigenvalue weighted by atomic mass is 32.2. The molecular weight excluding hydrogens is 264 g/mol. The van der Waals surface area contributed by atoms with E-state index in [-0.39, 0.29) is 4.90 Å². The van der Waals surface area contributed by atoms with Gasteiger partial charge in [-0.05, 0) is 62.5 Å². The minimum absolute atomic E-state index is 0.0728. The van der Waals surface area contributed by atoms with E-state index in [9.17, 15) is 8.42 Å². The highest BCUT2D eigenvalue weighted by Crippen LogP contribution is 2.17. The van der Waals surface area contributed by atoms with E-state index in [0.29, 0.717) is 0 Å². The van der Waals surface area contributed by atoms with Gasteiger partial charge in [-0.3, -0.25) is 4.55 Å². The molecule has 0 unspecified atom stereocenters. The van der Waals surface area contributed by atoms with Gasteiger partial charge >= 0.3 is 0 Å². The first kappa shape index (κ1) is 14.3. The Kier molecular flexibility index (Phi) is 4.79. The van der Waals surface area contributed by atoms with Crippen LogP contribution in [0.25, 0.3) is 0 Å². The molecule has 1 aliphatic heterocycles. The van der Waals surface area contributed by atoms with Gasteiger partial charge in [0.05, 0.1) is 4.90 Å². The number of hydrogen-bond donors (Lipinski definition) is 3. The lowest BCUT2D eigenvalue weighted by Crippen LogP contribution is -2.28. The lowest BCUT2D eigenvalue weighted by Gasteiger charge is -2.22. The Hall–Kier alpha value is -1.11. The summed E-state index contributed by atoms with van der Waals surface area (Å²) in [6, 6.07) is 6.15. The van der Waals surface area contributed by atoms with E-state index in [0.717, 1.165) is 37.7 Å². The van der Waals surface area contributed by atoms with E-state index in [1.54, 1.807) is 12.1 Å². The molecule has 0 aromatic heterocycles. The Bertz CT molecular complexity index is 493. The maximum absolute atomic E-state index is 10.9. The molecule has 1 aromatic rings. The normalized spacial score (nSPS) is 17.3. The molecule has 0 aliphatic carbocycles. The van der Waals surface area contributed by atoms with Gasteiger partial charge in [-0.1, -0.05) is 0 Å². The molecule has 106 valence electrons. The predicted molar refractivity (Wildman–Crippen MR) is 75.0 cm³/mol. The maximum atomic E-state index is 10.9. The predicted octanol–water partition coefficient (Wildman–Crippen LogP) is 1.73. The summed E-state index contributed by atoms with van der Waals surface area (Å²) >= 11 is 0. The van der Waals surface area contributed by atoms with Gasteiger partial charge in [-0.15, -0.1) is 0 Å². The monoisotopic (exact) mass is 284 g/mol. The first-order valence-corrected chi connectivity index (χ1v) is 8.02. The highest BCUT2D eigenvalue weighted by Gasteiger charge is 2.12. The summed E-state index contributed by atoms with van der Waals surface area (Å²) in [5.74, 6) is 0.769. The van der Waals surface area contributed by atoms with Crippen LogP contribution in [0.3, 0.4) is 0 Å². The molecule has 0 saturated carbocycles. The molecule has 0 amide bonds. The van der Waals surface area contributed by atoms with Crippen LogP contribution in [-0.2, 0) is 10.1 Å². The first-order chi connectivity index (χ1) is 9.05. The van der Waals surface area contributed by atoms with Crippen molar-refractivity contribution in [2.45, 2.75) is 24.2 Å². The van der Waals surface area contributed by atoms with Gasteiger partial charge in [-0.25, -0.2) is 0 Å². The second-order valence-corrected chi connectivity index (χ2v) is 6.33. The fraction of sp³-hybridized carbons (Fsp3) is 0.538. The second-order valence-electron chi connectivity index (χ2n) is 4.91. The van der Waals surface area contributed by atoms with Gasteiger partial charge < -0.3 is 10.6 Å². The molecule has 1 aliphatic rings. The summed E-state index contributed by atoms with van der Waals surface area (Å²) in [6.07, 6.45) is 3.58. The van der Waals surface area contributed by atoms with Crippen molar-refractivity contribution in [3.63, 3.8) is 0 Å². The third-order valence-electron chi connectivity index (χ3n) is 3.49. The number of anilines is 1. The fourth-order valence-electron chi connectivity index (χ4n) is 2.34. The zero-order chi connectivity index (χ0) is 13.7. The Morgan fingerprint density at radius 1 is 1.21 bits per heavy atom. The van der Waals surface area contributed by atoms with Gasteiger partial charge in [-0.2, -0.15) is 8.42 Å². The minimum Gasteiger partial charge on any atom is -0.385 e. The van der Waals surface area contributed by atoms with E-state index in [1.165, 1.54) is 25.0 Å². The number of hydrogen-bond acceptors (Lipinski definition) is 4. The Balaban J connectivity index is 1.80. The molecule has 2 rings (SSSR count). The van der Waals surface area contributed by atoms with Crippen molar-refractivity contribution in [1.29, 1.82) is 0 Å². The number of piperidine rings is 1. The Morgan fingerprint density at radius 2 is 1.84 bits per heavy atom. The molecule has 1 fully saturated rings. The average Bonchev–Trinajstić information content (AvgIpc) is 2.39. The SMILES string of the molecule is O=S(=O)(O)c1ccc(NCCC2CCNCC2)cc1. The summed E-state index contributed by atoms with van der Waals surface area (Å²) < 4.78 is 30.7. The number of nitrogens with one attached hydrogen (secondary N) is 2. The van der Waals surface area contributed by atoms with E-state index in [2.05, 4.69) is 10.6 Å². The molecule has 0 radical (unpaired) electrons. The molecule has 0 spiro atoms. The summed E-state index contributed by atoms with van der Waals surface area (Å²) in [5, 5.41) is 6.62. The first-order valence-electron chi connectivity index (χ1n) is 6.58. The largest absolute Gasteiger partial charge is 0.385 e. The minimum atomic E-state index is -4.09. The standard InChI is InChI=1S/C13H20N2O3S/c16-19(17,18)13-3-1-12(2-4-13)15-10-7-11-5-8-14-9-6-11/h1-4,11,14-15H,5-10H2,(H,16,17,18). The van der Waals surface area contributed by atoms with E-state index in [1.807, 2.05) is 0 Å². The quantitative estimate of drug-likeness (QED) is 0.718. The van der Waals surface area contributed by atoms with Crippen molar-refractivity contribution in [3.8, 4) is 0 Å². The molecule has 19 heavy (non-hydrogen) atoms. The summed E-state index contributed by atoms with van der Waals surface area (Å²) in [6.45, 7) is 3.09. The van der Waals surface area contributed by atoms with Crippen molar-refractivity contribution in [3.05, 3.63) is 24.3 Å².